The summed E-state index contributed by atoms with van der Waals surface area (Å²) < 4.78 is 4.88. The lowest BCUT2D eigenvalue weighted by atomic mass is 9.81. The zero-order valence-electron chi connectivity index (χ0n) is 17.0. The number of likely N-dealkylation sites (tertiary alicyclic amines) is 1. The number of halogens is 1. The molecule has 2 aliphatic rings. The van der Waals surface area contributed by atoms with Crippen LogP contribution in [0.1, 0.15) is 29.1 Å². The summed E-state index contributed by atoms with van der Waals surface area (Å²) in [6.45, 7) is 1.49. The minimum atomic E-state index is -0.874. The molecule has 1 N–H and O–H groups in total. The van der Waals surface area contributed by atoms with Crippen molar-refractivity contribution in [2.24, 2.45) is 0 Å². The summed E-state index contributed by atoms with van der Waals surface area (Å²) in [6, 6.07) is 5.50. The van der Waals surface area contributed by atoms with Crippen LogP contribution in [0.2, 0.25) is 5.02 Å². The van der Waals surface area contributed by atoms with Gasteiger partial charge in [-0.2, -0.15) is 0 Å². The van der Waals surface area contributed by atoms with Gasteiger partial charge in [-0.25, -0.2) is 9.78 Å². The van der Waals surface area contributed by atoms with Crippen LogP contribution in [-0.2, 0) is 32.6 Å². The van der Waals surface area contributed by atoms with E-state index in [9.17, 15) is 14.4 Å². The molecule has 1 unspecified atom stereocenters. The predicted molar refractivity (Wildman–Crippen MR) is 116 cm³/mol. The van der Waals surface area contributed by atoms with Crippen molar-refractivity contribution in [3.8, 4) is 0 Å². The number of benzene rings is 1. The second-order valence-electron chi connectivity index (χ2n) is 7.87. The number of amides is 2. The molecule has 31 heavy (non-hydrogen) atoms. The third kappa shape index (κ3) is 4.24. The highest BCUT2D eigenvalue weighted by atomic mass is 35.5. The van der Waals surface area contributed by atoms with Crippen molar-refractivity contribution in [2.45, 2.75) is 31.1 Å². The number of nitrogens with zero attached hydrogens (tertiary/aromatic N) is 3. The molecule has 0 saturated carbocycles. The fourth-order valence-corrected chi connectivity index (χ4v) is 5.37. The van der Waals surface area contributed by atoms with Crippen LogP contribution >= 0.6 is 22.9 Å². The second-order valence-corrected chi connectivity index (χ2v) is 9.25. The number of carboxylic acid groups (broad SMARTS) is 1. The second kappa shape index (κ2) is 8.47. The highest BCUT2D eigenvalue weighted by molar-refractivity contribution is 7.09. The van der Waals surface area contributed by atoms with Gasteiger partial charge < -0.3 is 19.6 Å². The average molecular weight is 464 g/mol. The van der Waals surface area contributed by atoms with E-state index in [1.165, 1.54) is 18.4 Å². The van der Waals surface area contributed by atoms with Gasteiger partial charge >= 0.3 is 12.1 Å². The largest absolute Gasteiger partial charge is 0.481 e. The summed E-state index contributed by atoms with van der Waals surface area (Å²) >= 11 is 7.63. The van der Waals surface area contributed by atoms with E-state index in [2.05, 4.69) is 4.98 Å². The summed E-state index contributed by atoms with van der Waals surface area (Å²) in [5, 5.41) is 11.9. The van der Waals surface area contributed by atoms with Gasteiger partial charge in [-0.15, -0.1) is 11.3 Å². The minimum absolute atomic E-state index is 0.0105. The first-order valence-corrected chi connectivity index (χ1v) is 11.2. The maximum absolute atomic E-state index is 13.2. The van der Waals surface area contributed by atoms with Gasteiger partial charge in [0, 0.05) is 47.6 Å². The summed E-state index contributed by atoms with van der Waals surface area (Å²) in [5.41, 5.74) is 2.09. The van der Waals surface area contributed by atoms with Crippen LogP contribution in [-0.4, -0.2) is 59.7 Å². The highest BCUT2D eigenvalue weighted by Gasteiger charge is 2.50. The van der Waals surface area contributed by atoms with Crippen molar-refractivity contribution in [1.29, 1.82) is 0 Å². The van der Waals surface area contributed by atoms with Crippen molar-refractivity contribution in [1.82, 2.24) is 9.88 Å². The highest BCUT2D eigenvalue weighted by Crippen LogP contribution is 2.47. The number of fused-ring (bicyclic) bond motifs is 2. The molecule has 1 saturated heterocycles. The molecule has 8 nitrogen and oxygen atoms in total. The predicted octanol–water partition coefficient (Wildman–Crippen LogP) is 3.11. The van der Waals surface area contributed by atoms with Gasteiger partial charge in [0.05, 0.1) is 25.6 Å². The Bertz CT molecular complexity index is 1040. The molecule has 0 bridgehead atoms. The zero-order chi connectivity index (χ0) is 22.2. The molecule has 0 aliphatic carbocycles. The van der Waals surface area contributed by atoms with Crippen LogP contribution in [0.25, 0.3) is 0 Å². The van der Waals surface area contributed by atoms with E-state index in [1.54, 1.807) is 21.2 Å². The van der Waals surface area contributed by atoms with Gasteiger partial charge in [0.15, 0.2) is 0 Å². The molecule has 2 amide bonds. The van der Waals surface area contributed by atoms with Crippen LogP contribution in [0.5, 0.6) is 0 Å². The molecule has 1 atom stereocenters. The van der Waals surface area contributed by atoms with Gasteiger partial charge in [-0.1, -0.05) is 11.6 Å². The number of aryl methyl sites for hydroxylation is 1. The number of hydrogen-bond donors (Lipinski definition) is 1. The van der Waals surface area contributed by atoms with E-state index in [-0.39, 0.29) is 30.3 Å². The smallest absolute Gasteiger partial charge is 0.409 e. The van der Waals surface area contributed by atoms with Gasteiger partial charge in [0.1, 0.15) is 5.01 Å². The van der Waals surface area contributed by atoms with E-state index in [4.69, 9.17) is 21.4 Å². The normalized spacial score (nSPS) is 19.7. The third-order valence-electron chi connectivity index (χ3n) is 5.87. The van der Waals surface area contributed by atoms with Crippen molar-refractivity contribution < 1.29 is 24.2 Å². The molecule has 4 rings (SSSR count). The number of hydrogen-bond acceptors (Lipinski definition) is 6. The summed E-state index contributed by atoms with van der Waals surface area (Å²) in [6.07, 6.45) is 0.836. The molecule has 164 valence electrons. The molecular formula is C21H22ClN3O5S. The molecule has 2 aliphatic heterocycles. The monoisotopic (exact) mass is 463 g/mol. The number of carboxylic acids is 1. The lowest BCUT2D eigenvalue weighted by Crippen LogP contribution is -2.40. The maximum Gasteiger partial charge on any atom is 0.409 e. The first-order chi connectivity index (χ1) is 14.8. The Morgan fingerprint density at radius 1 is 1.32 bits per heavy atom. The topological polar surface area (TPSA) is 100 Å². The van der Waals surface area contributed by atoms with E-state index >= 15 is 0 Å². The number of methoxy groups -OCH3 is 1. The molecule has 3 heterocycles. The first-order valence-electron chi connectivity index (χ1n) is 9.90. The Labute approximate surface area is 188 Å². The Morgan fingerprint density at radius 3 is 2.87 bits per heavy atom. The Kier molecular flexibility index (Phi) is 5.90. The lowest BCUT2D eigenvalue weighted by Gasteiger charge is -2.25. The fraction of sp³-hybridized carbons (Fsp3) is 0.429. The fourth-order valence-electron chi connectivity index (χ4n) is 4.37. The average Bonchev–Trinajstić information content (AvgIpc) is 3.45. The molecule has 1 aromatic carbocycles. The molecule has 0 radical (unpaired) electrons. The number of ether oxygens (including phenoxy) is 1. The standard InChI is InChI=1S/C21H22ClN3O5S/c1-30-20(29)24-7-6-21(11-24)12-25(16-4-2-13(22)8-15(16)21)18(26)9-17-23-14(10-31-17)3-5-19(27)28/h2,4,8,10H,3,5-7,9,11-12H2,1H3,(H,27,28). The SMILES string of the molecule is COC(=O)N1CCC2(C1)CN(C(=O)Cc1nc(CCC(=O)O)cs1)c1ccc(Cl)cc12. The molecular weight excluding hydrogens is 442 g/mol. The molecule has 2 aromatic rings. The quantitative estimate of drug-likeness (QED) is 0.731. The molecule has 1 spiro atoms. The van der Waals surface area contributed by atoms with Crippen LogP contribution in [0.4, 0.5) is 10.5 Å². The van der Waals surface area contributed by atoms with E-state index < -0.39 is 5.97 Å². The molecule has 10 heteroatoms. The maximum atomic E-state index is 13.2. The van der Waals surface area contributed by atoms with Crippen LogP contribution < -0.4 is 4.90 Å². The van der Waals surface area contributed by atoms with Crippen LogP contribution in [0, 0.1) is 0 Å². The van der Waals surface area contributed by atoms with Gasteiger partial charge in [0.25, 0.3) is 0 Å². The summed E-state index contributed by atoms with van der Waals surface area (Å²) in [7, 11) is 1.36. The minimum Gasteiger partial charge on any atom is -0.481 e. The number of aliphatic carboxylic acids is 1. The van der Waals surface area contributed by atoms with Gasteiger partial charge in [-0.3, -0.25) is 9.59 Å². The Morgan fingerprint density at radius 2 is 2.13 bits per heavy atom. The first kappa shape index (κ1) is 21.6. The number of carbonyl (C=O) groups excluding carboxylic acids is 2. The number of anilines is 1. The number of thiazole rings is 1. The number of aromatic nitrogens is 1. The van der Waals surface area contributed by atoms with Crippen molar-refractivity contribution >= 4 is 46.6 Å². The third-order valence-corrected chi connectivity index (χ3v) is 7.00. The van der Waals surface area contributed by atoms with E-state index in [0.717, 1.165) is 17.7 Å². The molecule has 1 aromatic heterocycles. The summed E-state index contributed by atoms with van der Waals surface area (Å²) in [5.74, 6) is -0.961. The Balaban J connectivity index is 1.54. The van der Waals surface area contributed by atoms with Crippen molar-refractivity contribution in [3.63, 3.8) is 0 Å². The van der Waals surface area contributed by atoms with Crippen molar-refractivity contribution in [3.05, 3.63) is 44.9 Å². The number of rotatable bonds is 5. The van der Waals surface area contributed by atoms with Crippen molar-refractivity contribution in [2.75, 3.05) is 31.6 Å². The lowest BCUT2D eigenvalue weighted by molar-refractivity contribution is -0.137. The number of carbonyl (C=O) groups is 3. The van der Waals surface area contributed by atoms with Gasteiger partial charge in [0.2, 0.25) is 5.91 Å². The zero-order valence-corrected chi connectivity index (χ0v) is 18.5. The van der Waals surface area contributed by atoms with Crippen LogP contribution in [0.3, 0.4) is 0 Å². The summed E-state index contributed by atoms with van der Waals surface area (Å²) in [4.78, 5) is 43.8. The molecule has 1 fully saturated rings. The van der Waals surface area contributed by atoms with Crippen LogP contribution in [0.15, 0.2) is 23.6 Å². The van der Waals surface area contributed by atoms with E-state index in [0.29, 0.717) is 41.8 Å². The van der Waals surface area contributed by atoms with Gasteiger partial charge in [-0.05, 0) is 30.2 Å². The van der Waals surface area contributed by atoms with E-state index in [1.807, 2.05) is 12.1 Å². The Hall–Kier alpha value is -2.65.